The van der Waals surface area contributed by atoms with Gasteiger partial charge in [-0.05, 0) is 34.1 Å². The first-order valence-electron chi connectivity index (χ1n) is 3.14. The SMILES string of the molecule is C=CC(=O)c1nc(Br)ccc1Cl. The second-order valence-corrected chi connectivity index (χ2v) is 3.25. The molecule has 0 radical (unpaired) electrons. The molecule has 0 saturated carbocycles. The average Bonchev–Trinajstić information content (AvgIpc) is 2.08. The molecule has 62 valence electrons. The third kappa shape index (κ3) is 1.93. The summed E-state index contributed by atoms with van der Waals surface area (Å²) in [6, 6.07) is 3.28. The zero-order valence-corrected chi connectivity index (χ0v) is 8.39. The normalized spacial score (nSPS) is 9.50. The highest BCUT2D eigenvalue weighted by Gasteiger charge is 2.08. The Bertz CT molecular complexity index is 338. The Morgan fingerprint density at radius 2 is 2.33 bits per heavy atom. The lowest BCUT2D eigenvalue weighted by molar-refractivity contribution is 0.104. The number of carbonyl (C=O) groups is 1. The van der Waals surface area contributed by atoms with Crippen molar-refractivity contribution < 1.29 is 4.79 Å². The summed E-state index contributed by atoms with van der Waals surface area (Å²) >= 11 is 8.86. The van der Waals surface area contributed by atoms with Crippen molar-refractivity contribution >= 4 is 33.3 Å². The maximum atomic E-state index is 11.1. The van der Waals surface area contributed by atoms with E-state index in [0.717, 1.165) is 0 Å². The fourth-order valence-electron chi connectivity index (χ4n) is 0.688. The summed E-state index contributed by atoms with van der Waals surface area (Å²) in [5, 5.41) is 0.336. The van der Waals surface area contributed by atoms with Crippen LogP contribution >= 0.6 is 27.5 Å². The lowest BCUT2D eigenvalue weighted by Gasteiger charge is -1.98. The van der Waals surface area contributed by atoms with Crippen molar-refractivity contribution in [3.8, 4) is 0 Å². The van der Waals surface area contributed by atoms with Gasteiger partial charge in [0.05, 0.1) is 5.02 Å². The van der Waals surface area contributed by atoms with Crippen LogP contribution in [0.4, 0.5) is 0 Å². The van der Waals surface area contributed by atoms with Crippen LogP contribution < -0.4 is 0 Å². The van der Waals surface area contributed by atoms with Crippen molar-refractivity contribution in [1.82, 2.24) is 4.98 Å². The van der Waals surface area contributed by atoms with Crippen LogP contribution in [0.3, 0.4) is 0 Å². The van der Waals surface area contributed by atoms with Gasteiger partial charge in [0.15, 0.2) is 0 Å². The standard InChI is InChI=1S/C8H5BrClNO/c1-2-6(12)8-5(10)3-4-7(9)11-8/h2-4H,1H2. The van der Waals surface area contributed by atoms with Gasteiger partial charge in [-0.1, -0.05) is 18.2 Å². The molecule has 0 bridgehead atoms. The Morgan fingerprint density at radius 1 is 1.67 bits per heavy atom. The van der Waals surface area contributed by atoms with E-state index in [4.69, 9.17) is 11.6 Å². The van der Waals surface area contributed by atoms with E-state index in [1.54, 1.807) is 12.1 Å². The van der Waals surface area contributed by atoms with E-state index in [1.165, 1.54) is 6.08 Å². The van der Waals surface area contributed by atoms with Gasteiger partial charge in [-0.15, -0.1) is 0 Å². The number of allylic oxidation sites excluding steroid dienone is 1. The number of halogens is 2. The van der Waals surface area contributed by atoms with Gasteiger partial charge in [0, 0.05) is 0 Å². The van der Waals surface area contributed by atoms with E-state index >= 15 is 0 Å². The largest absolute Gasteiger partial charge is 0.287 e. The number of ketones is 1. The van der Waals surface area contributed by atoms with Crippen LogP contribution in [0.25, 0.3) is 0 Å². The lowest BCUT2D eigenvalue weighted by Crippen LogP contribution is -1.98. The molecule has 1 rings (SSSR count). The number of aromatic nitrogens is 1. The Kier molecular flexibility index (Phi) is 3.00. The van der Waals surface area contributed by atoms with Crippen molar-refractivity contribution in [2.75, 3.05) is 0 Å². The van der Waals surface area contributed by atoms with Crippen LogP contribution in [0.5, 0.6) is 0 Å². The van der Waals surface area contributed by atoms with Gasteiger partial charge in [0.2, 0.25) is 5.78 Å². The van der Waals surface area contributed by atoms with Gasteiger partial charge in [-0.3, -0.25) is 4.79 Å². The zero-order chi connectivity index (χ0) is 9.14. The molecule has 0 aliphatic carbocycles. The molecule has 1 aromatic rings. The molecular formula is C8H5BrClNO. The first kappa shape index (κ1) is 9.42. The predicted octanol–water partition coefficient (Wildman–Crippen LogP) is 2.87. The van der Waals surface area contributed by atoms with Crippen molar-refractivity contribution in [2.45, 2.75) is 0 Å². The van der Waals surface area contributed by atoms with E-state index < -0.39 is 0 Å². The second-order valence-electron chi connectivity index (χ2n) is 2.03. The van der Waals surface area contributed by atoms with Gasteiger partial charge in [-0.25, -0.2) is 4.98 Å². The van der Waals surface area contributed by atoms with E-state index in [-0.39, 0.29) is 11.5 Å². The minimum atomic E-state index is -0.277. The smallest absolute Gasteiger partial charge is 0.205 e. The van der Waals surface area contributed by atoms with E-state index in [0.29, 0.717) is 9.63 Å². The molecule has 1 heterocycles. The van der Waals surface area contributed by atoms with Gasteiger partial charge >= 0.3 is 0 Å². The second kappa shape index (κ2) is 3.83. The monoisotopic (exact) mass is 245 g/mol. The molecular weight excluding hydrogens is 241 g/mol. The number of rotatable bonds is 2. The highest BCUT2D eigenvalue weighted by atomic mass is 79.9. The fourth-order valence-corrected chi connectivity index (χ4v) is 1.20. The number of hydrogen-bond acceptors (Lipinski definition) is 2. The van der Waals surface area contributed by atoms with Gasteiger partial charge in [-0.2, -0.15) is 0 Å². The fraction of sp³-hybridized carbons (Fsp3) is 0. The molecule has 12 heavy (non-hydrogen) atoms. The number of carbonyl (C=O) groups excluding carboxylic acids is 1. The summed E-state index contributed by atoms with van der Waals surface area (Å²) in [4.78, 5) is 15.0. The van der Waals surface area contributed by atoms with E-state index in [1.807, 2.05) is 0 Å². The molecule has 0 unspecified atom stereocenters. The van der Waals surface area contributed by atoms with Crippen LogP contribution in [0, 0.1) is 0 Å². The van der Waals surface area contributed by atoms with Gasteiger partial charge in [0.25, 0.3) is 0 Å². The third-order valence-electron chi connectivity index (χ3n) is 1.23. The number of nitrogens with zero attached hydrogens (tertiary/aromatic N) is 1. The van der Waals surface area contributed by atoms with Crippen molar-refractivity contribution in [3.63, 3.8) is 0 Å². The molecule has 0 atom stereocenters. The minimum absolute atomic E-state index is 0.223. The summed E-state index contributed by atoms with van der Waals surface area (Å²) in [5.74, 6) is -0.277. The molecule has 0 aromatic carbocycles. The predicted molar refractivity (Wildman–Crippen MR) is 51.5 cm³/mol. The van der Waals surface area contributed by atoms with E-state index in [9.17, 15) is 4.79 Å². The Balaban J connectivity index is 3.22. The van der Waals surface area contributed by atoms with Crippen LogP contribution in [0.15, 0.2) is 29.4 Å². The molecule has 0 spiro atoms. The molecule has 0 aliphatic heterocycles. The Morgan fingerprint density at radius 3 is 2.92 bits per heavy atom. The topological polar surface area (TPSA) is 30.0 Å². The number of hydrogen-bond donors (Lipinski definition) is 0. The Hall–Kier alpha value is -0.670. The highest BCUT2D eigenvalue weighted by molar-refractivity contribution is 9.10. The van der Waals surface area contributed by atoms with Gasteiger partial charge < -0.3 is 0 Å². The molecule has 0 N–H and O–H groups in total. The average molecular weight is 246 g/mol. The van der Waals surface area contributed by atoms with Crippen LogP contribution in [0.2, 0.25) is 5.02 Å². The summed E-state index contributed by atoms with van der Waals surface area (Å²) in [5.41, 5.74) is 0.223. The molecule has 0 saturated heterocycles. The molecule has 2 nitrogen and oxygen atoms in total. The molecule has 1 aromatic heterocycles. The maximum absolute atomic E-state index is 11.1. The molecule has 0 aliphatic rings. The zero-order valence-electron chi connectivity index (χ0n) is 6.05. The van der Waals surface area contributed by atoms with Crippen LogP contribution in [0.1, 0.15) is 10.5 Å². The van der Waals surface area contributed by atoms with Crippen LogP contribution in [-0.4, -0.2) is 10.8 Å². The molecule has 0 amide bonds. The summed E-state index contributed by atoms with van der Waals surface area (Å²) in [7, 11) is 0. The molecule has 0 fully saturated rings. The van der Waals surface area contributed by atoms with Crippen molar-refractivity contribution in [3.05, 3.63) is 40.1 Å². The first-order chi connectivity index (χ1) is 5.65. The minimum Gasteiger partial charge on any atom is -0.287 e. The summed E-state index contributed by atoms with van der Waals surface area (Å²) in [6.07, 6.45) is 1.18. The van der Waals surface area contributed by atoms with Crippen molar-refractivity contribution in [2.24, 2.45) is 0 Å². The summed E-state index contributed by atoms with van der Waals surface area (Å²) in [6.45, 7) is 3.34. The number of pyridine rings is 1. The van der Waals surface area contributed by atoms with Crippen molar-refractivity contribution in [1.29, 1.82) is 0 Å². The quantitative estimate of drug-likeness (QED) is 0.456. The summed E-state index contributed by atoms with van der Waals surface area (Å²) < 4.78 is 0.581. The lowest BCUT2D eigenvalue weighted by atomic mass is 10.2. The highest BCUT2D eigenvalue weighted by Crippen LogP contribution is 2.17. The molecule has 4 heteroatoms. The first-order valence-corrected chi connectivity index (χ1v) is 4.31. The van der Waals surface area contributed by atoms with E-state index in [2.05, 4.69) is 27.5 Å². The Labute approximate surface area is 83.4 Å². The van der Waals surface area contributed by atoms with Gasteiger partial charge in [0.1, 0.15) is 10.3 Å². The third-order valence-corrected chi connectivity index (χ3v) is 1.98. The maximum Gasteiger partial charge on any atom is 0.205 e. The van der Waals surface area contributed by atoms with Crippen LogP contribution in [-0.2, 0) is 0 Å².